The van der Waals surface area contributed by atoms with E-state index in [1.165, 1.54) is 0 Å². The van der Waals surface area contributed by atoms with Crippen LogP contribution in [0.1, 0.15) is 5.56 Å². The van der Waals surface area contributed by atoms with Gasteiger partial charge in [-0.15, -0.1) is 0 Å². The first-order chi connectivity index (χ1) is 10.1. The molecule has 1 aromatic heterocycles. The number of benzene rings is 2. The largest absolute Gasteiger partial charge is 0.268 e. The van der Waals surface area contributed by atoms with Crippen LogP contribution in [0, 0.1) is 11.7 Å². The van der Waals surface area contributed by atoms with E-state index in [1.54, 1.807) is 12.1 Å². The summed E-state index contributed by atoms with van der Waals surface area (Å²) in [6.45, 7) is 2.03. The number of nitrogens with zero attached hydrogens (tertiary/aromatic N) is 2. The van der Waals surface area contributed by atoms with Crippen molar-refractivity contribution in [3.63, 3.8) is 0 Å². The standard InChI is InChI=1S/C15H11Cl2N3S/c1-9-4-2-3-5-11(9)14-18-19-15(21)20(14)10-6-7-12(16)13(17)8-10/h2-8H,1H3,(H,19,21). The van der Waals surface area contributed by atoms with E-state index in [9.17, 15) is 0 Å². The Kier molecular flexibility index (Phi) is 3.85. The molecule has 1 heterocycles. The SMILES string of the molecule is Cc1ccccc1-c1n[nH]c(=S)n1-c1ccc(Cl)c(Cl)c1. The summed E-state index contributed by atoms with van der Waals surface area (Å²) in [5, 5.41) is 8.17. The van der Waals surface area contributed by atoms with Crippen molar-refractivity contribution in [3.8, 4) is 17.1 Å². The Hall–Kier alpha value is -1.62. The summed E-state index contributed by atoms with van der Waals surface area (Å²) < 4.78 is 2.35. The van der Waals surface area contributed by atoms with Gasteiger partial charge in [0, 0.05) is 5.56 Å². The Labute approximate surface area is 137 Å². The van der Waals surface area contributed by atoms with Crippen LogP contribution >= 0.6 is 35.4 Å². The van der Waals surface area contributed by atoms with Gasteiger partial charge < -0.3 is 0 Å². The highest BCUT2D eigenvalue weighted by atomic mass is 35.5. The lowest BCUT2D eigenvalue weighted by Gasteiger charge is -2.09. The predicted molar refractivity (Wildman–Crippen MR) is 88.9 cm³/mol. The van der Waals surface area contributed by atoms with Gasteiger partial charge in [-0.05, 0) is 42.9 Å². The summed E-state index contributed by atoms with van der Waals surface area (Å²) in [5.74, 6) is 0.747. The van der Waals surface area contributed by atoms with Crippen molar-refractivity contribution in [2.24, 2.45) is 0 Å². The summed E-state index contributed by atoms with van der Waals surface area (Å²) in [5.41, 5.74) is 2.95. The normalized spacial score (nSPS) is 10.8. The molecule has 21 heavy (non-hydrogen) atoms. The fourth-order valence-corrected chi connectivity index (χ4v) is 2.69. The predicted octanol–water partition coefficient (Wildman–Crippen LogP) is 5.21. The van der Waals surface area contributed by atoms with Crippen LogP contribution < -0.4 is 0 Å². The molecule has 0 saturated carbocycles. The quantitative estimate of drug-likeness (QED) is 0.652. The maximum absolute atomic E-state index is 6.10. The van der Waals surface area contributed by atoms with Crippen molar-refractivity contribution in [1.29, 1.82) is 0 Å². The first-order valence-electron chi connectivity index (χ1n) is 6.27. The van der Waals surface area contributed by atoms with Crippen LogP contribution in [-0.4, -0.2) is 14.8 Å². The van der Waals surface area contributed by atoms with Gasteiger partial charge in [0.15, 0.2) is 10.6 Å². The zero-order valence-electron chi connectivity index (χ0n) is 11.1. The number of H-pyrrole nitrogens is 1. The molecular weight excluding hydrogens is 325 g/mol. The third-order valence-corrected chi connectivity index (χ3v) is 4.23. The molecule has 0 radical (unpaired) electrons. The maximum atomic E-state index is 6.10. The van der Waals surface area contributed by atoms with Crippen LogP contribution in [0.3, 0.4) is 0 Å². The van der Waals surface area contributed by atoms with Gasteiger partial charge in [-0.3, -0.25) is 9.67 Å². The van der Waals surface area contributed by atoms with Crippen molar-refractivity contribution in [2.75, 3.05) is 0 Å². The van der Waals surface area contributed by atoms with E-state index in [2.05, 4.69) is 10.2 Å². The lowest BCUT2D eigenvalue weighted by atomic mass is 10.1. The van der Waals surface area contributed by atoms with Gasteiger partial charge in [0.1, 0.15) is 0 Å². The Morgan fingerprint density at radius 1 is 1.10 bits per heavy atom. The minimum atomic E-state index is 0.480. The topological polar surface area (TPSA) is 33.6 Å². The zero-order valence-corrected chi connectivity index (χ0v) is 13.4. The minimum absolute atomic E-state index is 0.480. The van der Waals surface area contributed by atoms with E-state index in [-0.39, 0.29) is 0 Å². The number of hydrogen-bond donors (Lipinski definition) is 1. The second kappa shape index (κ2) is 5.64. The van der Waals surface area contributed by atoms with E-state index in [4.69, 9.17) is 35.4 Å². The monoisotopic (exact) mass is 335 g/mol. The first kappa shape index (κ1) is 14.3. The molecule has 0 spiro atoms. The van der Waals surface area contributed by atoms with Crippen LogP contribution in [-0.2, 0) is 0 Å². The van der Waals surface area contributed by atoms with E-state index in [0.717, 1.165) is 22.6 Å². The highest BCUT2D eigenvalue weighted by Crippen LogP contribution is 2.28. The fourth-order valence-electron chi connectivity index (χ4n) is 2.17. The van der Waals surface area contributed by atoms with Gasteiger partial charge in [0.2, 0.25) is 0 Å². The molecule has 2 aromatic carbocycles. The molecular formula is C15H11Cl2N3S. The van der Waals surface area contributed by atoms with Gasteiger partial charge in [-0.1, -0.05) is 47.5 Å². The molecule has 1 N–H and O–H groups in total. The maximum Gasteiger partial charge on any atom is 0.200 e. The molecule has 3 nitrogen and oxygen atoms in total. The molecule has 0 bridgehead atoms. The average Bonchev–Trinajstić information content (AvgIpc) is 2.84. The smallest absolute Gasteiger partial charge is 0.200 e. The average molecular weight is 336 g/mol. The van der Waals surface area contributed by atoms with E-state index in [0.29, 0.717) is 14.8 Å². The van der Waals surface area contributed by atoms with Gasteiger partial charge in [0.05, 0.1) is 15.7 Å². The number of nitrogens with one attached hydrogen (secondary N) is 1. The molecule has 0 unspecified atom stereocenters. The van der Waals surface area contributed by atoms with Gasteiger partial charge in [-0.2, -0.15) is 5.10 Å². The van der Waals surface area contributed by atoms with Crippen molar-refractivity contribution >= 4 is 35.4 Å². The molecule has 3 aromatic rings. The molecule has 106 valence electrons. The molecule has 0 fully saturated rings. The van der Waals surface area contributed by atoms with Crippen LogP contribution in [0.25, 0.3) is 17.1 Å². The third kappa shape index (κ3) is 2.62. The molecule has 0 aliphatic carbocycles. The number of aryl methyl sites for hydroxylation is 1. The molecule has 0 aliphatic heterocycles. The molecule has 3 rings (SSSR count). The second-order valence-electron chi connectivity index (χ2n) is 4.60. The zero-order chi connectivity index (χ0) is 15.0. The highest BCUT2D eigenvalue weighted by molar-refractivity contribution is 7.71. The summed E-state index contributed by atoms with van der Waals surface area (Å²) in [4.78, 5) is 0. The van der Waals surface area contributed by atoms with Gasteiger partial charge >= 0.3 is 0 Å². The van der Waals surface area contributed by atoms with Gasteiger partial charge in [-0.25, -0.2) is 0 Å². The van der Waals surface area contributed by atoms with Crippen LogP contribution in [0.15, 0.2) is 42.5 Å². The first-order valence-corrected chi connectivity index (χ1v) is 7.43. The van der Waals surface area contributed by atoms with Crippen LogP contribution in [0.2, 0.25) is 10.0 Å². The molecule has 0 amide bonds. The van der Waals surface area contributed by atoms with E-state index < -0.39 is 0 Å². The summed E-state index contributed by atoms with van der Waals surface area (Å²) in [6.07, 6.45) is 0. The number of aromatic nitrogens is 3. The lowest BCUT2D eigenvalue weighted by Crippen LogP contribution is -1.99. The highest BCUT2D eigenvalue weighted by Gasteiger charge is 2.13. The second-order valence-corrected chi connectivity index (χ2v) is 5.80. The number of halogens is 2. The third-order valence-electron chi connectivity index (χ3n) is 3.22. The van der Waals surface area contributed by atoms with Crippen molar-refractivity contribution in [2.45, 2.75) is 6.92 Å². The van der Waals surface area contributed by atoms with E-state index in [1.807, 2.05) is 41.8 Å². The van der Waals surface area contributed by atoms with Crippen molar-refractivity contribution in [3.05, 3.63) is 62.8 Å². The Morgan fingerprint density at radius 2 is 1.86 bits per heavy atom. The Bertz CT molecular complexity index is 867. The summed E-state index contributed by atoms with van der Waals surface area (Å²) in [7, 11) is 0. The van der Waals surface area contributed by atoms with Crippen LogP contribution in [0.5, 0.6) is 0 Å². The molecule has 0 saturated heterocycles. The summed E-state index contributed by atoms with van der Waals surface area (Å²) >= 11 is 17.4. The minimum Gasteiger partial charge on any atom is -0.268 e. The molecule has 0 aliphatic rings. The Balaban J connectivity index is 2.25. The van der Waals surface area contributed by atoms with Gasteiger partial charge in [0.25, 0.3) is 0 Å². The number of hydrogen-bond acceptors (Lipinski definition) is 2. The molecule has 0 atom stereocenters. The van der Waals surface area contributed by atoms with Crippen molar-refractivity contribution in [1.82, 2.24) is 14.8 Å². The number of rotatable bonds is 2. The molecule has 6 heteroatoms. The van der Waals surface area contributed by atoms with E-state index >= 15 is 0 Å². The van der Waals surface area contributed by atoms with Crippen LogP contribution in [0.4, 0.5) is 0 Å². The lowest BCUT2D eigenvalue weighted by molar-refractivity contribution is 1.03. The van der Waals surface area contributed by atoms with Crippen molar-refractivity contribution < 1.29 is 0 Å². The number of aromatic amines is 1. The summed E-state index contributed by atoms with van der Waals surface area (Å²) in [6, 6.07) is 13.4. The Morgan fingerprint density at radius 3 is 2.57 bits per heavy atom. The fraction of sp³-hybridized carbons (Fsp3) is 0.0667.